The van der Waals surface area contributed by atoms with Crippen LogP contribution in [0.5, 0.6) is 11.5 Å². The molecule has 0 atom stereocenters. The van der Waals surface area contributed by atoms with E-state index in [9.17, 15) is 4.79 Å². The Bertz CT molecular complexity index is 489. The van der Waals surface area contributed by atoms with Crippen LogP contribution in [-0.2, 0) is 0 Å². The first-order valence-corrected chi connectivity index (χ1v) is 5.12. The average Bonchev–Trinajstić information content (AvgIpc) is 2.40. The Morgan fingerprint density at radius 1 is 1.12 bits per heavy atom. The molecule has 3 nitrogen and oxygen atoms in total. The lowest BCUT2D eigenvalue weighted by molar-refractivity contribution is 0.0734. The fraction of sp³-hybridized carbons (Fsp3) is 0.0714. The summed E-state index contributed by atoms with van der Waals surface area (Å²) in [5.41, 5.74) is 0.517. The third-order valence-electron chi connectivity index (χ3n) is 2.20. The van der Waals surface area contributed by atoms with Gasteiger partial charge in [-0.1, -0.05) is 18.2 Å². The summed E-state index contributed by atoms with van der Waals surface area (Å²) in [6, 6.07) is 16.6. The lowest BCUT2D eigenvalue weighted by atomic mass is 10.2. The van der Waals surface area contributed by atoms with Crippen molar-refractivity contribution >= 4 is 5.97 Å². The number of benzene rings is 2. The van der Waals surface area contributed by atoms with Crippen LogP contribution in [0.2, 0.25) is 0 Å². The van der Waals surface area contributed by atoms with Crippen LogP contribution in [-0.4, -0.2) is 13.1 Å². The van der Waals surface area contributed by atoms with Crippen LogP contribution in [0.3, 0.4) is 0 Å². The lowest BCUT2D eigenvalue weighted by Crippen LogP contribution is -2.07. The van der Waals surface area contributed by atoms with Gasteiger partial charge in [0.15, 0.2) is 0 Å². The van der Waals surface area contributed by atoms with Gasteiger partial charge in [-0.05, 0) is 30.3 Å². The predicted molar refractivity (Wildman–Crippen MR) is 63.2 cm³/mol. The molecule has 3 heteroatoms. The summed E-state index contributed by atoms with van der Waals surface area (Å²) in [5, 5.41) is 0. The van der Waals surface area contributed by atoms with Crippen molar-refractivity contribution in [1.82, 2.24) is 0 Å². The molecule has 0 aromatic heterocycles. The van der Waals surface area contributed by atoms with Crippen LogP contribution < -0.4 is 9.47 Å². The maximum atomic E-state index is 11.7. The highest BCUT2D eigenvalue weighted by atomic mass is 16.5. The van der Waals surface area contributed by atoms with Crippen molar-refractivity contribution in [1.29, 1.82) is 0 Å². The topological polar surface area (TPSA) is 35.5 Å². The van der Waals surface area contributed by atoms with Gasteiger partial charge in [0.1, 0.15) is 11.5 Å². The zero-order valence-corrected chi connectivity index (χ0v) is 9.34. The molecular weight excluding hydrogens is 216 g/mol. The number of hydrogen-bond acceptors (Lipinski definition) is 3. The summed E-state index contributed by atoms with van der Waals surface area (Å²) in [6.07, 6.45) is 0. The van der Waals surface area contributed by atoms with Gasteiger partial charge in [0, 0.05) is 6.07 Å². The number of hydrogen-bond donors (Lipinski definition) is 0. The zero-order chi connectivity index (χ0) is 12.1. The van der Waals surface area contributed by atoms with Gasteiger partial charge in [-0.15, -0.1) is 0 Å². The largest absolute Gasteiger partial charge is 0.496 e. The highest BCUT2D eigenvalue weighted by molar-refractivity contribution is 5.90. The van der Waals surface area contributed by atoms with E-state index in [2.05, 4.69) is 6.07 Å². The van der Waals surface area contributed by atoms with Crippen LogP contribution in [0, 0.1) is 6.07 Å². The molecule has 0 heterocycles. The fourth-order valence-electron chi connectivity index (χ4n) is 1.33. The summed E-state index contributed by atoms with van der Waals surface area (Å²) >= 11 is 0. The monoisotopic (exact) mass is 227 g/mol. The molecule has 0 aliphatic rings. The number of ether oxygens (including phenoxy) is 2. The number of esters is 1. The molecule has 0 aliphatic heterocycles. The lowest BCUT2D eigenvalue weighted by Gasteiger charge is -2.04. The molecule has 0 saturated heterocycles. The Hall–Kier alpha value is -2.29. The van der Waals surface area contributed by atoms with Crippen LogP contribution in [0.15, 0.2) is 48.5 Å². The summed E-state index contributed by atoms with van der Waals surface area (Å²) < 4.78 is 10.1. The molecule has 0 fully saturated rings. The van der Waals surface area contributed by atoms with E-state index in [4.69, 9.17) is 9.47 Å². The zero-order valence-electron chi connectivity index (χ0n) is 9.34. The van der Waals surface area contributed by atoms with Crippen molar-refractivity contribution in [3.05, 3.63) is 60.2 Å². The Morgan fingerprint density at radius 3 is 2.47 bits per heavy atom. The molecule has 85 valence electrons. The van der Waals surface area contributed by atoms with Crippen LogP contribution >= 0.6 is 0 Å². The van der Waals surface area contributed by atoms with Gasteiger partial charge < -0.3 is 9.47 Å². The average molecular weight is 227 g/mol. The minimum atomic E-state index is -0.385. The quantitative estimate of drug-likeness (QED) is 0.597. The first kappa shape index (κ1) is 11.2. The van der Waals surface area contributed by atoms with Crippen LogP contribution in [0.25, 0.3) is 0 Å². The summed E-state index contributed by atoms with van der Waals surface area (Å²) in [5.74, 6) is 0.660. The predicted octanol–water partition coefficient (Wildman–Crippen LogP) is 2.71. The second-order valence-electron chi connectivity index (χ2n) is 3.35. The molecule has 2 rings (SSSR count). The highest BCUT2D eigenvalue weighted by Gasteiger charge is 2.07. The maximum absolute atomic E-state index is 11.7. The number of methoxy groups -OCH3 is 1. The van der Waals surface area contributed by atoms with E-state index in [1.165, 1.54) is 0 Å². The smallest absolute Gasteiger partial charge is 0.343 e. The molecule has 0 bridgehead atoms. The summed E-state index contributed by atoms with van der Waals surface area (Å²) in [7, 11) is 1.56. The Morgan fingerprint density at radius 2 is 1.88 bits per heavy atom. The van der Waals surface area contributed by atoms with Gasteiger partial charge in [-0.2, -0.15) is 0 Å². The van der Waals surface area contributed by atoms with E-state index in [-0.39, 0.29) is 5.97 Å². The third-order valence-corrected chi connectivity index (χ3v) is 2.20. The molecule has 2 aromatic rings. The van der Waals surface area contributed by atoms with E-state index in [1.807, 2.05) is 6.07 Å². The minimum absolute atomic E-state index is 0.385. The fourth-order valence-corrected chi connectivity index (χ4v) is 1.33. The third kappa shape index (κ3) is 2.84. The molecule has 0 amide bonds. The minimum Gasteiger partial charge on any atom is -0.496 e. The first-order chi connectivity index (χ1) is 8.29. The van der Waals surface area contributed by atoms with Gasteiger partial charge >= 0.3 is 5.97 Å². The molecule has 0 saturated carbocycles. The van der Waals surface area contributed by atoms with Gasteiger partial charge in [0.2, 0.25) is 0 Å². The van der Waals surface area contributed by atoms with Crippen molar-refractivity contribution in [2.24, 2.45) is 0 Å². The number of carbonyl (C=O) groups excluding carboxylic acids is 1. The maximum Gasteiger partial charge on any atom is 0.343 e. The molecule has 0 aliphatic carbocycles. The molecule has 0 unspecified atom stereocenters. The van der Waals surface area contributed by atoms with E-state index in [1.54, 1.807) is 49.6 Å². The standard InChI is InChI=1S/C14H11O3/c1-16-12-7-9-13(10-8-12)17-14(15)11-5-3-2-4-6-11/h2-7,9-10H,1H3. The Labute approximate surface area is 99.6 Å². The molecule has 0 N–H and O–H groups in total. The van der Waals surface area contributed by atoms with Gasteiger partial charge in [-0.3, -0.25) is 0 Å². The Balaban J connectivity index is 2.08. The van der Waals surface area contributed by atoms with Crippen molar-refractivity contribution in [3.63, 3.8) is 0 Å². The van der Waals surface area contributed by atoms with E-state index >= 15 is 0 Å². The van der Waals surface area contributed by atoms with Crippen molar-refractivity contribution in [3.8, 4) is 11.5 Å². The van der Waals surface area contributed by atoms with E-state index in [0.717, 1.165) is 0 Å². The molecule has 0 spiro atoms. The SMILES string of the molecule is COc1[c]cc(OC(=O)c2ccccc2)cc1. The summed E-state index contributed by atoms with van der Waals surface area (Å²) in [6.45, 7) is 0. The molecular formula is C14H11O3. The van der Waals surface area contributed by atoms with Crippen molar-refractivity contribution in [2.75, 3.05) is 7.11 Å². The van der Waals surface area contributed by atoms with Crippen LogP contribution in [0.4, 0.5) is 0 Å². The second-order valence-corrected chi connectivity index (χ2v) is 3.35. The van der Waals surface area contributed by atoms with Gasteiger partial charge in [0.05, 0.1) is 12.7 Å². The summed E-state index contributed by atoms with van der Waals surface area (Å²) in [4.78, 5) is 11.7. The molecule has 17 heavy (non-hydrogen) atoms. The van der Waals surface area contributed by atoms with E-state index in [0.29, 0.717) is 17.1 Å². The van der Waals surface area contributed by atoms with E-state index < -0.39 is 0 Å². The van der Waals surface area contributed by atoms with Crippen LogP contribution in [0.1, 0.15) is 10.4 Å². The normalized spacial score (nSPS) is 9.71. The van der Waals surface area contributed by atoms with Crippen molar-refractivity contribution < 1.29 is 14.3 Å². The molecule has 2 aromatic carbocycles. The highest BCUT2D eigenvalue weighted by Crippen LogP contribution is 2.17. The van der Waals surface area contributed by atoms with Gasteiger partial charge in [0.25, 0.3) is 0 Å². The van der Waals surface area contributed by atoms with Crippen molar-refractivity contribution in [2.45, 2.75) is 0 Å². The number of carbonyl (C=O) groups is 1. The first-order valence-electron chi connectivity index (χ1n) is 5.12. The second kappa shape index (κ2) is 5.16. The molecule has 1 radical (unpaired) electrons. The Kier molecular flexibility index (Phi) is 3.40. The number of rotatable bonds is 3. The van der Waals surface area contributed by atoms with Gasteiger partial charge in [-0.25, -0.2) is 4.79 Å².